The molecule has 1 saturated heterocycles. The minimum Gasteiger partial charge on any atom is -0.497 e. The van der Waals surface area contributed by atoms with E-state index >= 15 is 0 Å². The molecule has 0 N–H and O–H groups in total. The number of benzene rings is 2. The van der Waals surface area contributed by atoms with Crippen LogP contribution in [0.25, 0.3) is 0 Å². The van der Waals surface area contributed by atoms with Gasteiger partial charge in [-0.05, 0) is 42.7 Å². The Balaban J connectivity index is 1.68. The maximum absolute atomic E-state index is 12.7. The second-order valence-electron chi connectivity index (χ2n) is 5.74. The van der Waals surface area contributed by atoms with Gasteiger partial charge in [-0.25, -0.2) is 0 Å². The van der Waals surface area contributed by atoms with E-state index in [4.69, 9.17) is 16.3 Å². The number of thioether (sulfide) groups is 1. The molecule has 3 nitrogen and oxygen atoms in total. The predicted molar refractivity (Wildman–Crippen MR) is 98.9 cm³/mol. The number of halogens is 1. The average Bonchev–Trinajstić information content (AvgIpc) is 3.11. The van der Waals surface area contributed by atoms with Crippen LogP contribution in [0.15, 0.2) is 53.4 Å². The monoisotopic (exact) mass is 361 g/mol. The standard InChI is InChI=1S/C19H20ClNO2S/c1-23-15-7-4-6-14(12-15)17-9-5-11-21(17)19(22)13-24-18-10-3-2-8-16(18)20/h2-4,6-8,10,12,17H,5,9,11,13H2,1H3. The summed E-state index contributed by atoms with van der Waals surface area (Å²) in [4.78, 5) is 15.6. The van der Waals surface area contributed by atoms with Crippen LogP contribution in [0.2, 0.25) is 5.02 Å². The van der Waals surface area contributed by atoms with E-state index in [0.717, 1.165) is 35.6 Å². The first-order chi connectivity index (χ1) is 11.7. The number of hydrogen-bond acceptors (Lipinski definition) is 3. The minimum atomic E-state index is 0.138. The van der Waals surface area contributed by atoms with Gasteiger partial charge in [0.2, 0.25) is 5.91 Å². The molecule has 1 fully saturated rings. The zero-order chi connectivity index (χ0) is 16.9. The van der Waals surface area contributed by atoms with E-state index in [-0.39, 0.29) is 11.9 Å². The normalized spacial score (nSPS) is 17.1. The van der Waals surface area contributed by atoms with Crippen LogP contribution in [0.4, 0.5) is 0 Å². The maximum atomic E-state index is 12.7. The first kappa shape index (κ1) is 17.2. The fourth-order valence-corrected chi connectivity index (χ4v) is 4.17. The molecular weight excluding hydrogens is 342 g/mol. The molecule has 0 spiro atoms. The van der Waals surface area contributed by atoms with Crippen LogP contribution in [0.5, 0.6) is 5.75 Å². The van der Waals surface area contributed by atoms with E-state index in [1.165, 1.54) is 11.8 Å². The first-order valence-corrected chi connectivity index (χ1v) is 9.36. The van der Waals surface area contributed by atoms with Crippen molar-refractivity contribution in [3.63, 3.8) is 0 Å². The van der Waals surface area contributed by atoms with Crippen LogP contribution in [0, 0.1) is 0 Å². The van der Waals surface area contributed by atoms with Gasteiger partial charge in [-0.1, -0.05) is 35.9 Å². The highest BCUT2D eigenvalue weighted by molar-refractivity contribution is 8.00. The van der Waals surface area contributed by atoms with E-state index < -0.39 is 0 Å². The quantitative estimate of drug-likeness (QED) is 0.716. The Morgan fingerprint density at radius 3 is 2.92 bits per heavy atom. The fourth-order valence-electron chi connectivity index (χ4n) is 3.04. The minimum absolute atomic E-state index is 0.138. The topological polar surface area (TPSA) is 29.5 Å². The van der Waals surface area contributed by atoms with Crippen molar-refractivity contribution < 1.29 is 9.53 Å². The molecule has 0 saturated carbocycles. The molecule has 2 aromatic rings. The number of amides is 1. The Kier molecular flexibility index (Phi) is 5.69. The molecule has 1 atom stereocenters. The van der Waals surface area contributed by atoms with Crippen molar-refractivity contribution in [2.45, 2.75) is 23.8 Å². The Hall–Kier alpha value is -1.65. The van der Waals surface area contributed by atoms with Crippen LogP contribution in [0.1, 0.15) is 24.4 Å². The molecule has 1 heterocycles. The average molecular weight is 362 g/mol. The number of hydrogen-bond donors (Lipinski definition) is 0. The predicted octanol–water partition coefficient (Wildman–Crippen LogP) is 4.80. The van der Waals surface area contributed by atoms with Gasteiger partial charge in [-0.15, -0.1) is 11.8 Å². The van der Waals surface area contributed by atoms with Crippen LogP contribution < -0.4 is 4.74 Å². The Bertz CT molecular complexity index is 722. The first-order valence-electron chi connectivity index (χ1n) is 8.00. The van der Waals surface area contributed by atoms with Crippen LogP contribution in [-0.2, 0) is 4.79 Å². The highest BCUT2D eigenvalue weighted by Crippen LogP contribution is 2.35. The molecule has 3 rings (SSSR count). The van der Waals surface area contributed by atoms with Crippen molar-refractivity contribution in [2.75, 3.05) is 19.4 Å². The maximum Gasteiger partial charge on any atom is 0.233 e. The van der Waals surface area contributed by atoms with Gasteiger partial charge >= 0.3 is 0 Å². The van der Waals surface area contributed by atoms with Gasteiger partial charge in [0.05, 0.1) is 23.9 Å². The van der Waals surface area contributed by atoms with Gasteiger partial charge in [-0.2, -0.15) is 0 Å². The van der Waals surface area contributed by atoms with Gasteiger partial charge in [-0.3, -0.25) is 4.79 Å². The molecule has 24 heavy (non-hydrogen) atoms. The molecule has 0 bridgehead atoms. The van der Waals surface area contributed by atoms with E-state index in [1.807, 2.05) is 47.4 Å². The summed E-state index contributed by atoms with van der Waals surface area (Å²) < 4.78 is 5.31. The van der Waals surface area contributed by atoms with Crippen molar-refractivity contribution in [1.29, 1.82) is 0 Å². The van der Waals surface area contributed by atoms with Gasteiger partial charge in [0.15, 0.2) is 0 Å². The second kappa shape index (κ2) is 7.95. The molecule has 0 aromatic heterocycles. The molecule has 1 amide bonds. The summed E-state index contributed by atoms with van der Waals surface area (Å²) in [6.45, 7) is 0.809. The molecule has 1 aliphatic heterocycles. The third-order valence-corrected chi connectivity index (χ3v) is 5.74. The van der Waals surface area contributed by atoms with Gasteiger partial charge in [0.25, 0.3) is 0 Å². The van der Waals surface area contributed by atoms with Crippen molar-refractivity contribution >= 4 is 29.3 Å². The number of ether oxygens (including phenoxy) is 1. The summed E-state index contributed by atoms with van der Waals surface area (Å²) in [5.41, 5.74) is 1.14. The van der Waals surface area contributed by atoms with E-state index in [1.54, 1.807) is 7.11 Å². The Morgan fingerprint density at radius 1 is 1.29 bits per heavy atom. The Labute approximate surface area is 151 Å². The molecule has 5 heteroatoms. The summed E-state index contributed by atoms with van der Waals surface area (Å²) in [7, 11) is 1.66. The lowest BCUT2D eigenvalue weighted by Crippen LogP contribution is -2.31. The van der Waals surface area contributed by atoms with E-state index in [0.29, 0.717) is 10.8 Å². The van der Waals surface area contributed by atoms with Crippen LogP contribution >= 0.6 is 23.4 Å². The zero-order valence-electron chi connectivity index (χ0n) is 13.6. The lowest BCUT2D eigenvalue weighted by Gasteiger charge is -2.25. The number of likely N-dealkylation sites (tertiary alicyclic amines) is 1. The third kappa shape index (κ3) is 3.87. The highest BCUT2D eigenvalue weighted by atomic mass is 35.5. The highest BCUT2D eigenvalue weighted by Gasteiger charge is 2.30. The van der Waals surface area contributed by atoms with E-state index in [9.17, 15) is 4.79 Å². The smallest absolute Gasteiger partial charge is 0.233 e. The molecule has 1 aliphatic rings. The SMILES string of the molecule is COc1cccc(C2CCCN2C(=O)CSc2ccccc2Cl)c1. The van der Waals surface area contributed by atoms with Crippen molar-refractivity contribution in [2.24, 2.45) is 0 Å². The molecule has 2 aromatic carbocycles. The summed E-state index contributed by atoms with van der Waals surface area (Å²) in [6, 6.07) is 15.8. The third-order valence-electron chi connectivity index (χ3n) is 4.24. The lowest BCUT2D eigenvalue weighted by atomic mass is 10.0. The number of carbonyl (C=O) groups excluding carboxylic acids is 1. The van der Waals surface area contributed by atoms with E-state index in [2.05, 4.69) is 6.07 Å². The van der Waals surface area contributed by atoms with Crippen molar-refractivity contribution in [3.8, 4) is 5.75 Å². The molecule has 1 unspecified atom stereocenters. The summed E-state index contributed by atoms with van der Waals surface area (Å²) in [5, 5.41) is 0.695. The Morgan fingerprint density at radius 2 is 2.12 bits per heavy atom. The zero-order valence-corrected chi connectivity index (χ0v) is 15.1. The second-order valence-corrected chi connectivity index (χ2v) is 7.17. The van der Waals surface area contributed by atoms with Gasteiger partial charge in [0.1, 0.15) is 5.75 Å². The number of nitrogens with zero attached hydrogens (tertiary/aromatic N) is 1. The number of methoxy groups -OCH3 is 1. The molecule has 126 valence electrons. The van der Waals surface area contributed by atoms with Crippen molar-refractivity contribution in [1.82, 2.24) is 4.90 Å². The molecule has 0 aliphatic carbocycles. The van der Waals surface area contributed by atoms with Gasteiger partial charge in [0, 0.05) is 11.4 Å². The van der Waals surface area contributed by atoms with Gasteiger partial charge < -0.3 is 9.64 Å². The fraction of sp³-hybridized carbons (Fsp3) is 0.316. The molecule has 0 radical (unpaired) electrons. The van der Waals surface area contributed by atoms with Crippen LogP contribution in [0.3, 0.4) is 0 Å². The summed E-state index contributed by atoms with van der Waals surface area (Å²) in [6.07, 6.45) is 2.03. The lowest BCUT2D eigenvalue weighted by molar-refractivity contribution is -0.129. The van der Waals surface area contributed by atoms with Crippen LogP contribution in [-0.4, -0.2) is 30.2 Å². The molecular formula is C19H20ClNO2S. The number of rotatable bonds is 5. The summed E-state index contributed by atoms with van der Waals surface area (Å²) >= 11 is 7.66. The largest absolute Gasteiger partial charge is 0.497 e. The van der Waals surface area contributed by atoms with Crippen molar-refractivity contribution in [3.05, 3.63) is 59.1 Å². The summed E-state index contributed by atoms with van der Waals surface area (Å²) in [5.74, 6) is 1.40. The number of carbonyl (C=O) groups is 1.